The van der Waals surface area contributed by atoms with Crippen molar-refractivity contribution in [1.82, 2.24) is 30.4 Å². The van der Waals surface area contributed by atoms with Crippen LogP contribution in [-0.4, -0.2) is 76.6 Å². The van der Waals surface area contributed by atoms with Crippen LogP contribution in [0.5, 0.6) is 0 Å². The van der Waals surface area contributed by atoms with E-state index in [2.05, 4.69) is 37.9 Å². The highest BCUT2D eigenvalue weighted by atomic mass is 32.2. The number of sulfone groups is 1. The molecule has 1 amide bonds. The first kappa shape index (κ1) is 23.6. The molecule has 1 saturated heterocycles. The first-order valence-electron chi connectivity index (χ1n) is 12.0. The third kappa shape index (κ3) is 5.59. The van der Waals surface area contributed by atoms with Gasteiger partial charge in [0.15, 0.2) is 15.7 Å². The van der Waals surface area contributed by atoms with Crippen molar-refractivity contribution in [2.75, 3.05) is 31.1 Å². The van der Waals surface area contributed by atoms with Gasteiger partial charge in [0.05, 0.1) is 17.2 Å². The van der Waals surface area contributed by atoms with Crippen LogP contribution in [0.1, 0.15) is 47.4 Å². The maximum atomic E-state index is 13.3. The second kappa shape index (κ2) is 9.50. The molecule has 1 aliphatic heterocycles. The standard InChI is InChI=1S/C25H30N6O3S/c1-17-3-5-19(6-4-17)21-13-22(15-23(14-21)31-24(20-7-8-20)27-28-29-31)25(32)26-18(2)16-30-9-11-35(33,34)12-10-30/h3-6,13-15,18,20H,7-12,16H2,1-2H3,(H,26,32)/t18-/m1/s1. The molecule has 0 radical (unpaired) electrons. The van der Waals surface area contributed by atoms with E-state index in [1.807, 2.05) is 44.2 Å². The molecular weight excluding hydrogens is 464 g/mol. The lowest BCUT2D eigenvalue weighted by molar-refractivity contribution is 0.0930. The normalized spacial score (nSPS) is 18.8. The fraction of sp³-hybridized carbons (Fsp3) is 0.440. The van der Waals surface area contributed by atoms with Gasteiger partial charge < -0.3 is 5.32 Å². The molecule has 0 unspecified atom stereocenters. The highest BCUT2D eigenvalue weighted by Crippen LogP contribution is 2.39. The van der Waals surface area contributed by atoms with Gasteiger partial charge in [-0.3, -0.25) is 9.69 Å². The van der Waals surface area contributed by atoms with Crippen LogP contribution in [0.15, 0.2) is 42.5 Å². The molecular formula is C25H30N6O3S. The Morgan fingerprint density at radius 1 is 1.09 bits per heavy atom. The van der Waals surface area contributed by atoms with Crippen LogP contribution in [0, 0.1) is 6.92 Å². The molecule has 0 spiro atoms. The molecule has 9 nitrogen and oxygen atoms in total. The van der Waals surface area contributed by atoms with Gasteiger partial charge in [0.25, 0.3) is 5.91 Å². The Bertz CT molecular complexity index is 1320. The lowest BCUT2D eigenvalue weighted by Gasteiger charge is -2.29. The summed E-state index contributed by atoms with van der Waals surface area (Å²) in [6.07, 6.45) is 2.14. The van der Waals surface area contributed by atoms with Crippen molar-refractivity contribution in [1.29, 1.82) is 0 Å². The topological polar surface area (TPSA) is 110 Å². The molecule has 2 fully saturated rings. The van der Waals surface area contributed by atoms with E-state index in [1.165, 1.54) is 5.56 Å². The molecule has 1 atom stereocenters. The van der Waals surface area contributed by atoms with Gasteiger partial charge in [-0.15, -0.1) is 5.10 Å². The predicted molar refractivity (Wildman–Crippen MR) is 133 cm³/mol. The van der Waals surface area contributed by atoms with Crippen LogP contribution in [0.3, 0.4) is 0 Å². The Morgan fingerprint density at radius 3 is 2.49 bits per heavy atom. The minimum Gasteiger partial charge on any atom is -0.348 e. The number of carbonyl (C=O) groups is 1. The molecule has 0 bridgehead atoms. The molecule has 1 aliphatic carbocycles. The van der Waals surface area contributed by atoms with Crippen molar-refractivity contribution in [3.63, 3.8) is 0 Å². The molecule has 2 aliphatic rings. The molecule has 2 aromatic carbocycles. The van der Waals surface area contributed by atoms with Crippen LogP contribution >= 0.6 is 0 Å². The fourth-order valence-corrected chi connectivity index (χ4v) is 5.70. The van der Waals surface area contributed by atoms with Gasteiger partial charge in [-0.25, -0.2) is 8.42 Å². The average Bonchev–Trinajstić information content (AvgIpc) is 3.56. The summed E-state index contributed by atoms with van der Waals surface area (Å²) in [5, 5.41) is 15.4. The average molecular weight is 495 g/mol. The van der Waals surface area contributed by atoms with Crippen LogP contribution in [-0.2, 0) is 9.84 Å². The van der Waals surface area contributed by atoms with E-state index in [9.17, 15) is 13.2 Å². The lowest BCUT2D eigenvalue weighted by Crippen LogP contribution is -2.47. The number of amides is 1. The van der Waals surface area contributed by atoms with E-state index in [1.54, 1.807) is 4.68 Å². The predicted octanol–water partition coefficient (Wildman–Crippen LogP) is 2.36. The minimum absolute atomic E-state index is 0.134. The van der Waals surface area contributed by atoms with Gasteiger partial charge >= 0.3 is 0 Å². The molecule has 10 heteroatoms. The monoisotopic (exact) mass is 494 g/mol. The third-order valence-electron chi connectivity index (χ3n) is 6.59. The smallest absolute Gasteiger partial charge is 0.251 e. The quantitative estimate of drug-likeness (QED) is 0.537. The summed E-state index contributed by atoms with van der Waals surface area (Å²) in [5.74, 6) is 1.35. The number of tetrazole rings is 1. The number of aromatic nitrogens is 4. The summed E-state index contributed by atoms with van der Waals surface area (Å²) in [5.41, 5.74) is 4.38. The van der Waals surface area contributed by atoms with Gasteiger partial charge in [-0.1, -0.05) is 29.8 Å². The van der Waals surface area contributed by atoms with E-state index in [-0.39, 0.29) is 23.5 Å². The van der Waals surface area contributed by atoms with Crippen molar-refractivity contribution in [3.05, 3.63) is 59.4 Å². The van der Waals surface area contributed by atoms with Crippen LogP contribution in [0.4, 0.5) is 0 Å². The molecule has 5 rings (SSSR count). The Balaban J connectivity index is 1.40. The number of nitrogens with zero attached hydrogens (tertiary/aromatic N) is 5. The highest BCUT2D eigenvalue weighted by molar-refractivity contribution is 7.91. The Kier molecular flexibility index (Phi) is 6.41. The highest BCUT2D eigenvalue weighted by Gasteiger charge is 2.30. The number of hydrogen-bond acceptors (Lipinski definition) is 7. The Hall–Kier alpha value is -3.11. The van der Waals surface area contributed by atoms with Crippen molar-refractivity contribution in [3.8, 4) is 16.8 Å². The summed E-state index contributed by atoms with van der Waals surface area (Å²) in [6, 6.07) is 13.8. The lowest BCUT2D eigenvalue weighted by atomic mass is 10.0. The van der Waals surface area contributed by atoms with Crippen LogP contribution < -0.4 is 5.32 Å². The number of carbonyl (C=O) groups excluding carboxylic acids is 1. The number of rotatable bonds is 7. The van der Waals surface area contributed by atoms with E-state index in [4.69, 9.17) is 0 Å². The van der Waals surface area contributed by atoms with Crippen LogP contribution in [0.2, 0.25) is 0 Å². The van der Waals surface area contributed by atoms with Gasteiger partial charge in [-0.05, 0) is 66.4 Å². The maximum absolute atomic E-state index is 13.3. The summed E-state index contributed by atoms with van der Waals surface area (Å²) in [6.45, 7) is 5.59. The summed E-state index contributed by atoms with van der Waals surface area (Å²) in [4.78, 5) is 15.4. The number of aryl methyl sites for hydroxylation is 1. The van der Waals surface area contributed by atoms with Gasteiger partial charge in [0, 0.05) is 37.2 Å². The van der Waals surface area contributed by atoms with Gasteiger partial charge in [0.1, 0.15) is 0 Å². The van der Waals surface area contributed by atoms with Crippen molar-refractivity contribution in [2.24, 2.45) is 0 Å². The van der Waals surface area contributed by atoms with Crippen molar-refractivity contribution < 1.29 is 13.2 Å². The molecule has 3 aromatic rings. The van der Waals surface area contributed by atoms with Gasteiger partial charge in [0.2, 0.25) is 0 Å². The molecule has 35 heavy (non-hydrogen) atoms. The second-order valence-electron chi connectivity index (χ2n) is 9.68. The van der Waals surface area contributed by atoms with E-state index < -0.39 is 9.84 Å². The van der Waals surface area contributed by atoms with Gasteiger partial charge in [-0.2, -0.15) is 4.68 Å². The zero-order chi connectivity index (χ0) is 24.6. The number of nitrogens with one attached hydrogen (secondary N) is 1. The molecule has 1 aromatic heterocycles. The maximum Gasteiger partial charge on any atom is 0.251 e. The molecule has 1 N–H and O–H groups in total. The zero-order valence-corrected chi connectivity index (χ0v) is 20.8. The SMILES string of the molecule is Cc1ccc(-c2cc(C(=O)N[C@H](C)CN3CCS(=O)(=O)CC3)cc(-n3nnnc3C3CC3)c2)cc1. The summed E-state index contributed by atoms with van der Waals surface area (Å²) >= 11 is 0. The third-order valence-corrected chi connectivity index (χ3v) is 8.20. The minimum atomic E-state index is -2.93. The van der Waals surface area contributed by atoms with Crippen molar-refractivity contribution >= 4 is 15.7 Å². The first-order chi connectivity index (χ1) is 16.8. The molecule has 1 saturated carbocycles. The second-order valence-corrected chi connectivity index (χ2v) is 12.0. The molecule has 2 heterocycles. The largest absolute Gasteiger partial charge is 0.348 e. The van der Waals surface area contributed by atoms with E-state index in [0.29, 0.717) is 31.1 Å². The molecule has 184 valence electrons. The Labute approximate surface area is 205 Å². The van der Waals surface area contributed by atoms with E-state index in [0.717, 1.165) is 35.5 Å². The number of benzene rings is 2. The number of hydrogen-bond donors (Lipinski definition) is 1. The summed E-state index contributed by atoms with van der Waals surface area (Å²) < 4.78 is 25.1. The van der Waals surface area contributed by atoms with Crippen molar-refractivity contribution in [2.45, 2.75) is 38.6 Å². The van der Waals surface area contributed by atoms with E-state index >= 15 is 0 Å². The fourth-order valence-electron chi connectivity index (χ4n) is 4.42. The van der Waals surface area contributed by atoms with Crippen LogP contribution in [0.25, 0.3) is 16.8 Å². The zero-order valence-electron chi connectivity index (χ0n) is 20.0. The summed E-state index contributed by atoms with van der Waals surface area (Å²) in [7, 11) is -2.93. The Morgan fingerprint density at radius 2 is 1.80 bits per heavy atom. The first-order valence-corrected chi connectivity index (χ1v) is 13.8.